The average molecular weight is 448 g/mol. The van der Waals surface area contributed by atoms with Gasteiger partial charge in [0.1, 0.15) is 12.4 Å². The summed E-state index contributed by atoms with van der Waals surface area (Å²) in [6.45, 7) is 0.441. The molecule has 0 saturated carbocycles. The zero-order valence-electron chi connectivity index (χ0n) is 17.4. The number of nitro benzene ring substituents is 1. The van der Waals surface area contributed by atoms with Crippen LogP contribution in [-0.2, 0) is 11.4 Å². The SMILES string of the molecule is O=C(CNc1ccc2c(c1)OCO2)N/N=C/c1ccccc1OCc1ccc([N+](=O)[O-])cc1. The van der Waals surface area contributed by atoms with Gasteiger partial charge in [-0.3, -0.25) is 14.9 Å². The first-order valence-corrected chi connectivity index (χ1v) is 9.99. The molecule has 1 amide bonds. The molecule has 0 bridgehead atoms. The van der Waals surface area contributed by atoms with Crippen LogP contribution in [0.1, 0.15) is 11.1 Å². The molecular formula is C23H20N4O6. The third kappa shape index (κ3) is 5.76. The van der Waals surface area contributed by atoms with Crippen LogP contribution in [0.5, 0.6) is 17.2 Å². The number of nitrogens with one attached hydrogen (secondary N) is 2. The molecule has 4 rings (SSSR count). The number of non-ortho nitro benzene ring substituents is 1. The third-order valence-corrected chi connectivity index (χ3v) is 4.68. The number of nitrogens with zero attached hydrogens (tertiary/aromatic N) is 2. The minimum Gasteiger partial charge on any atom is -0.488 e. The quantitative estimate of drug-likeness (QED) is 0.292. The molecule has 0 aromatic heterocycles. The van der Waals surface area contributed by atoms with Gasteiger partial charge in [-0.25, -0.2) is 5.43 Å². The molecule has 33 heavy (non-hydrogen) atoms. The molecular weight excluding hydrogens is 428 g/mol. The van der Waals surface area contributed by atoms with E-state index < -0.39 is 4.92 Å². The number of anilines is 1. The van der Waals surface area contributed by atoms with Gasteiger partial charge in [0, 0.05) is 29.4 Å². The van der Waals surface area contributed by atoms with Crippen LogP contribution in [0.25, 0.3) is 0 Å². The van der Waals surface area contributed by atoms with E-state index in [0.717, 1.165) is 11.3 Å². The lowest BCUT2D eigenvalue weighted by Gasteiger charge is -2.09. The van der Waals surface area contributed by atoms with Crippen molar-refractivity contribution >= 4 is 23.5 Å². The molecule has 1 aliphatic rings. The molecule has 1 aliphatic heterocycles. The van der Waals surface area contributed by atoms with Crippen LogP contribution in [0.3, 0.4) is 0 Å². The van der Waals surface area contributed by atoms with Crippen molar-refractivity contribution in [2.45, 2.75) is 6.61 Å². The molecule has 3 aromatic carbocycles. The van der Waals surface area contributed by atoms with Gasteiger partial charge in [0.25, 0.3) is 11.6 Å². The standard InChI is InChI=1S/C23H20N4O6/c28-23(13-24-18-7-10-21-22(11-18)33-15-32-21)26-25-12-17-3-1-2-4-20(17)31-14-16-5-8-19(9-6-16)27(29)30/h1-12,24H,13-15H2,(H,26,28)/b25-12+. The molecule has 0 unspecified atom stereocenters. The maximum absolute atomic E-state index is 12.1. The summed E-state index contributed by atoms with van der Waals surface area (Å²) in [7, 11) is 0. The largest absolute Gasteiger partial charge is 0.488 e. The summed E-state index contributed by atoms with van der Waals surface area (Å²) in [6, 6.07) is 18.7. The molecule has 10 nitrogen and oxygen atoms in total. The molecule has 0 spiro atoms. The van der Waals surface area contributed by atoms with E-state index in [1.807, 2.05) is 12.1 Å². The second-order valence-corrected chi connectivity index (χ2v) is 6.96. The molecule has 10 heteroatoms. The lowest BCUT2D eigenvalue weighted by atomic mass is 10.2. The molecule has 0 aliphatic carbocycles. The Morgan fingerprint density at radius 3 is 2.70 bits per heavy atom. The Hall–Kier alpha value is -4.60. The molecule has 1 heterocycles. The summed E-state index contributed by atoms with van der Waals surface area (Å²) in [6.07, 6.45) is 1.49. The van der Waals surface area contributed by atoms with Crippen LogP contribution in [0.2, 0.25) is 0 Å². The molecule has 0 saturated heterocycles. The molecule has 3 aromatic rings. The van der Waals surface area contributed by atoms with Crippen LogP contribution in [-0.4, -0.2) is 30.4 Å². The lowest BCUT2D eigenvalue weighted by molar-refractivity contribution is -0.384. The van der Waals surface area contributed by atoms with Crippen LogP contribution in [0.15, 0.2) is 71.8 Å². The average Bonchev–Trinajstić information content (AvgIpc) is 3.30. The fraction of sp³-hybridized carbons (Fsp3) is 0.130. The summed E-state index contributed by atoms with van der Waals surface area (Å²) in [5.74, 6) is 1.54. The number of rotatable bonds is 9. The fourth-order valence-corrected chi connectivity index (χ4v) is 3.00. The van der Waals surface area contributed by atoms with Crippen molar-refractivity contribution in [3.63, 3.8) is 0 Å². The first-order valence-electron chi connectivity index (χ1n) is 9.99. The van der Waals surface area contributed by atoms with E-state index in [1.165, 1.54) is 18.3 Å². The summed E-state index contributed by atoms with van der Waals surface area (Å²) in [5.41, 5.74) is 4.67. The van der Waals surface area contributed by atoms with Gasteiger partial charge < -0.3 is 19.5 Å². The molecule has 2 N–H and O–H groups in total. The maximum atomic E-state index is 12.1. The summed E-state index contributed by atoms with van der Waals surface area (Å²) >= 11 is 0. The van der Waals surface area contributed by atoms with Crippen molar-refractivity contribution in [2.75, 3.05) is 18.7 Å². The second kappa shape index (κ2) is 10.1. The zero-order valence-corrected chi connectivity index (χ0v) is 17.4. The van der Waals surface area contributed by atoms with Gasteiger partial charge in [-0.05, 0) is 42.0 Å². The summed E-state index contributed by atoms with van der Waals surface area (Å²) in [5, 5.41) is 17.7. The number of benzene rings is 3. The van der Waals surface area contributed by atoms with Crippen molar-refractivity contribution in [2.24, 2.45) is 5.10 Å². The van der Waals surface area contributed by atoms with E-state index in [-0.39, 0.29) is 31.5 Å². The van der Waals surface area contributed by atoms with E-state index >= 15 is 0 Å². The topological polar surface area (TPSA) is 124 Å². The highest BCUT2D eigenvalue weighted by Crippen LogP contribution is 2.34. The number of ether oxygens (including phenoxy) is 3. The number of fused-ring (bicyclic) bond motifs is 1. The number of para-hydroxylation sites is 1. The predicted molar refractivity (Wildman–Crippen MR) is 121 cm³/mol. The number of carbonyl (C=O) groups excluding carboxylic acids is 1. The molecule has 168 valence electrons. The van der Waals surface area contributed by atoms with Gasteiger partial charge in [-0.2, -0.15) is 5.10 Å². The molecule has 0 radical (unpaired) electrons. The van der Waals surface area contributed by atoms with Gasteiger partial charge >= 0.3 is 0 Å². The first kappa shape index (κ1) is 21.6. The van der Waals surface area contributed by atoms with Crippen LogP contribution in [0.4, 0.5) is 11.4 Å². The Balaban J connectivity index is 1.28. The van der Waals surface area contributed by atoms with Gasteiger partial charge in [-0.1, -0.05) is 12.1 Å². The number of carbonyl (C=O) groups is 1. The Morgan fingerprint density at radius 1 is 1.09 bits per heavy atom. The van der Waals surface area contributed by atoms with Crippen molar-refractivity contribution < 1.29 is 23.9 Å². The van der Waals surface area contributed by atoms with Gasteiger partial charge in [0.05, 0.1) is 17.7 Å². The van der Waals surface area contributed by atoms with E-state index in [2.05, 4.69) is 15.8 Å². The van der Waals surface area contributed by atoms with Crippen LogP contribution < -0.4 is 25.0 Å². The Bertz CT molecular complexity index is 1180. The fourth-order valence-electron chi connectivity index (χ4n) is 3.00. The van der Waals surface area contributed by atoms with Gasteiger partial charge in [-0.15, -0.1) is 0 Å². The van der Waals surface area contributed by atoms with Gasteiger partial charge in [0.2, 0.25) is 6.79 Å². The second-order valence-electron chi connectivity index (χ2n) is 6.96. The minimum atomic E-state index is -0.449. The van der Waals surface area contributed by atoms with Crippen LogP contribution >= 0.6 is 0 Å². The normalized spacial score (nSPS) is 11.9. The zero-order chi connectivity index (χ0) is 23.0. The number of hydrogen-bond acceptors (Lipinski definition) is 8. The Labute approximate surface area is 188 Å². The Morgan fingerprint density at radius 2 is 1.88 bits per heavy atom. The van der Waals surface area contributed by atoms with E-state index in [0.29, 0.717) is 22.8 Å². The number of hydrazone groups is 1. The highest BCUT2D eigenvalue weighted by molar-refractivity contribution is 5.86. The van der Waals surface area contributed by atoms with Crippen molar-refractivity contribution in [3.05, 3.63) is 88.0 Å². The van der Waals surface area contributed by atoms with E-state index in [1.54, 1.807) is 42.5 Å². The third-order valence-electron chi connectivity index (χ3n) is 4.68. The number of amides is 1. The van der Waals surface area contributed by atoms with Crippen molar-refractivity contribution in [3.8, 4) is 17.2 Å². The van der Waals surface area contributed by atoms with E-state index in [9.17, 15) is 14.9 Å². The monoisotopic (exact) mass is 448 g/mol. The summed E-state index contributed by atoms with van der Waals surface area (Å²) < 4.78 is 16.4. The molecule has 0 atom stereocenters. The highest BCUT2D eigenvalue weighted by Gasteiger charge is 2.13. The molecule has 0 fully saturated rings. The maximum Gasteiger partial charge on any atom is 0.269 e. The summed E-state index contributed by atoms with van der Waals surface area (Å²) in [4.78, 5) is 22.4. The van der Waals surface area contributed by atoms with Crippen molar-refractivity contribution in [1.82, 2.24) is 5.43 Å². The minimum absolute atomic E-state index is 0.0231. The van der Waals surface area contributed by atoms with E-state index in [4.69, 9.17) is 14.2 Å². The number of hydrogen-bond donors (Lipinski definition) is 2. The lowest BCUT2D eigenvalue weighted by Crippen LogP contribution is -2.25. The Kier molecular flexibility index (Phi) is 6.64. The number of nitro groups is 1. The smallest absolute Gasteiger partial charge is 0.269 e. The van der Waals surface area contributed by atoms with Gasteiger partial charge in [0.15, 0.2) is 11.5 Å². The first-order chi connectivity index (χ1) is 16.1. The van der Waals surface area contributed by atoms with Crippen LogP contribution in [0, 0.1) is 10.1 Å². The van der Waals surface area contributed by atoms with Crippen molar-refractivity contribution in [1.29, 1.82) is 0 Å². The highest BCUT2D eigenvalue weighted by atomic mass is 16.7. The predicted octanol–water partition coefficient (Wildman–Crippen LogP) is 3.46.